The number of ether oxygens (including phenoxy) is 1. The Hall–Kier alpha value is -0.910. The number of methoxy groups -OCH3 is 1. The molecule has 0 bridgehead atoms. The minimum absolute atomic E-state index is 0.0617. The Morgan fingerprint density at radius 3 is 2.30 bits per heavy atom. The molecule has 1 saturated carbocycles. The van der Waals surface area contributed by atoms with Gasteiger partial charge >= 0.3 is 0 Å². The summed E-state index contributed by atoms with van der Waals surface area (Å²) in [7, 11) is -1.55. The van der Waals surface area contributed by atoms with Gasteiger partial charge in [0.25, 0.3) is 0 Å². The fourth-order valence-corrected chi connectivity index (χ4v) is 5.34. The molecule has 0 heterocycles. The zero-order valence-corrected chi connectivity index (χ0v) is 13.1. The molecular weight excluding hydrogens is 274 g/mol. The van der Waals surface area contributed by atoms with Crippen LogP contribution in [-0.4, -0.2) is 40.2 Å². The lowest BCUT2D eigenvalue weighted by molar-refractivity contribution is 0.142. The highest BCUT2D eigenvalue weighted by Crippen LogP contribution is 2.62. The number of sulfone groups is 1. The molecule has 0 spiro atoms. The van der Waals surface area contributed by atoms with Crippen LogP contribution in [0.5, 0.6) is 0 Å². The Bertz CT molecular complexity index is 567. The van der Waals surface area contributed by atoms with Crippen molar-refractivity contribution in [3.63, 3.8) is 0 Å². The van der Waals surface area contributed by atoms with Gasteiger partial charge in [0, 0.05) is 31.2 Å². The molecule has 4 nitrogen and oxygen atoms in total. The van der Waals surface area contributed by atoms with Crippen LogP contribution < -0.4 is 5.73 Å². The van der Waals surface area contributed by atoms with Crippen LogP contribution >= 0.6 is 0 Å². The molecule has 20 heavy (non-hydrogen) atoms. The van der Waals surface area contributed by atoms with E-state index in [2.05, 4.69) is 19.1 Å². The number of benzene rings is 1. The monoisotopic (exact) mass is 297 g/mol. The first kappa shape index (κ1) is 15.5. The third kappa shape index (κ3) is 2.50. The van der Waals surface area contributed by atoms with Crippen molar-refractivity contribution in [2.45, 2.75) is 24.5 Å². The summed E-state index contributed by atoms with van der Waals surface area (Å²) < 4.78 is 29.3. The highest BCUT2D eigenvalue weighted by molar-refractivity contribution is 7.91. The molecule has 112 valence electrons. The second kappa shape index (κ2) is 5.47. The molecule has 0 aromatic heterocycles. The van der Waals surface area contributed by atoms with E-state index >= 15 is 0 Å². The predicted octanol–water partition coefficient (Wildman–Crippen LogP) is 1.35. The van der Waals surface area contributed by atoms with Crippen molar-refractivity contribution in [1.29, 1.82) is 0 Å². The number of aryl methyl sites for hydroxylation is 1. The van der Waals surface area contributed by atoms with Gasteiger partial charge < -0.3 is 10.5 Å². The molecule has 0 unspecified atom stereocenters. The SMILES string of the molecule is CCc1ccc([C@@H]2[C@@H](S(C)(=O)=O)[C@@]2(CN)COC)cc1. The van der Waals surface area contributed by atoms with Gasteiger partial charge in [-0.3, -0.25) is 0 Å². The quantitative estimate of drug-likeness (QED) is 0.860. The molecule has 1 aliphatic carbocycles. The van der Waals surface area contributed by atoms with Crippen molar-refractivity contribution in [3.05, 3.63) is 35.4 Å². The summed E-state index contributed by atoms with van der Waals surface area (Å²) in [4.78, 5) is 0. The van der Waals surface area contributed by atoms with Crippen LogP contribution in [0.25, 0.3) is 0 Å². The Balaban J connectivity index is 2.37. The van der Waals surface area contributed by atoms with Crippen molar-refractivity contribution in [1.82, 2.24) is 0 Å². The maximum absolute atomic E-state index is 12.0. The summed E-state index contributed by atoms with van der Waals surface area (Å²) in [5, 5.41) is -0.438. The molecule has 0 amide bonds. The van der Waals surface area contributed by atoms with E-state index in [9.17, 15) is 8.42 Å². The van der Waals surface area contributed by atoms with Crippen molar-refractivity contribution in [2.24, 2.45) is 11.1 Å². The van der Waals surface area contributed by atoms with Crippen LogP contribution in [0.15, 0.2) is 24.3 Å². The molecule has 3 atom stereocenters. The predicted molar refractivity (Wildman–Crippen MR) is 80.6 cm³/mol. The smallest absolute Gasteiger partial charge is 0.151 e. The maximum Gasteiger partial charge on any atom is 0.151 e. The fraction of sp³-hybridized carbons (Fsp3) is 0.600. The molecule has 0 aliphatic heterocycles. The second-order valence-corrected chi connectivity index (χ2v) is 7.86. The van der Waals surface area contributed by atoms with Crippen LogP contribution in [0.1, 0.15) is 24.0 Å². The van der Waals surface area contributed by atoms with Gasteiger partial charge in [0.15, 0.2) is 9.84 Å². The van der Waals surface area contributed by atoms with E-state index in [0.29, 0.717) is 13.2 Å². The average molecular weight is 297 g/mol. The van der Waals surface area contributed by atoms with Gasteiger partial charge in [0.05, 0.1) is 11.9 Å². The Morgan fingerprint density at radius 2 is 1.90 bits per heavy atom. The zero-order chi connectivity index (χ0) is 15.0. The van der Waals surface area contributed by atoms with E-state index in [-0.39, 0.29) is 5.92 Å². The largest absolute Gasteiger partial charge is 0.384 e. The topological polar surface area (TPSA) is 69.4 Å². The molecule has 5 heteroatoms. The summed E-state index contributed by atoms with van der Waals surface area (Å²) in [6.07, 6.45) is 2.26. The van der Waals surface area contributed by atoms with Crippen molar-refractivity contribution in [2.75, 3.05) is 26.5 Å². The Kier molecular flexibility index (Phi) is 4.23. The van der Waals surface area contributed by atoms with Gasteiger partial charge in [-0.25, -0.2) is 8.42 Å². The lowest BCUT2D eigenvalue weighted by Crippen LogP contribution is -2.28. The lowest BCUT2D eigenvalue weighted by atomic mass is 9.99. The van der Waals surface area contributed by atoms with Gasteiger partial charge in [-0.2, -0.15) is 0 Å². The molecular formula is C15H23NO3S. The number of hydrogen-bond donors (Lipinski definition) is 1. The molecule has 2 N–H and O–H groups in total. The van der Waals surface area contributed by atoms with Crippen LogP contribution in [-0.2, 0) is 21.0 Å². The molecule has 1 aromatic rings. The van der Waals surface area contributed by atoms with E-state index < -0.39 is 20.5 Å². The molecule has 1 fully saturated rings. The van der Waals surface area contributed by atoms with E-state index in [4.69, 9.17) is 10.5 Å². The van der Waals surface area contributed by atoms with Crippen LogP contribution in [0.3, 0.4) is 0 Å². The number of nitrogens with two attached hydrogens (primary N) is 1. The molecule has 0 radical (unpaired) electrons. The number of hydrogen-bond acceptors (Lipinski definition) is 4. The van der Waals surface area contributed by atoms with E-state index in [1.54, 1.807) is 7.11 Å². The van der Waals surface area contributed by atoms with E-state index in [1.165, 1.54) is 11.8 Å². The molecule has 1 aliphatic rings. The lowest BCUT2D eigenvalue weighted by Gasteiger charge is -2.14. The number of rotatable bonds is 6. The summed E-state index contributed by atoms with van der Waals surface area (Å²) in [5.41, 5.74) is 7.69. The van der Waals surface area contributed by atoms with Gasteiger partial charge in [-0.15, -0.1) is 0 Å². The highest BCUT2D eigenvalue weighted by Gasteiger charge is 2.69. The zero-order valence-electron chi connectivity index (χ0n) is 12.3. The molecule has 0 saturated heterocycles. The summed E-state index contributed by atoms with van der Waals surface area (Å²) in [5.74, 6) is -0.0617. The van der Waals surface area contributed by atoms with Gasteiger partial charge in [0.2, 0.25) is 0 Å². The normalized spacial score (nSPS) is 29.4. The highest BCUT2D eigenvalue weighted by atomic mass is 32.2. The average Bonchev–Trinajstić information content (AvgIpc) is 3.09. The Morgan fingerprint density at radius 1 is 1.30 bits per heavy atom. The molecule has 1 aromatic carbocycles. The van der Waals surface area contributed by atoms with Crippen LogP contribution in [0.2, 0.25) is 0 Å². The van der Waals surface area contributed by atoms with Gasteiger partial charge in [0.1, 0.15) is 0 Å². The summed E-state index contributed by atoms with van der Waals surface area (Å²) >= 11 is 0. The van der Waals surface area contributed by atoms with Crippen molar-refractivity contribution < 1.29 is 13.2 Å². The van der Waals surface area contributed by atoms with Gasteiger partial charge in [-0.05, 0) is 17.5 Å². The third-order valence-electron chi connectivity index (χ3n) is 4.38. The first-order valence-corrected chi connectivity index (χ1v) is 8.83. The first-order valence-electron chi connectivity index (χ1n) is 6.87. The minimum atomic E-state index is -3.14. The van der Waals surface area contributed by atoms with Crippen LogP contribution in [0, 0.1) is 5.41 Å². The Labute approximate surface area is 121 Å². The standard InChI is InChI=1S/C15H23NO3S/c1-4-11-5-7-12(8-6-11)13-14(20(3,17)18)15(13,9-16)10-19-2/h5-8,13-14H,4,9-10,16H2,1-3H3/t13-,14-,15+/m1/s1. The van der Waals surface area contributed by atoms with Crippen LogP contribution in [0.4, 0.5) is 0 Å². The van der Waals surface area contributed by atoms with E-state index in [0.717, 1.165) is 12.0 Å². The molecule has 2 rings (SSSR count). The fourth-order valence-electron chi connectivity index (χ4n) is 3.34. The maximum atomic E-state index is 12.0. The summed E-state index contributed by atoms with van der Waals surface area (Å²) in [6, 6.07) is 8.16. The van der Waals surface area contributed by atoms with Crippen molar-refractivity contribution in [3.8, 4) is 0 Å². The third-order valence-corrected chi connectivity index (χ3v) is 6.05. The second-order valence-electron chi connectivity index (χ2n) is 5.69. The van der Waals surface area contributed by atoms with E-state index in [1.807, 2.05) is 12.1 Å². The van der Waals surface area contributed by atoms with Gasteiger partial charge in [-0.1, -0.05) is 31.2 Å². The summed E-state index contributed by atoms with van der Waals surface area (Å²) in [6.45, 7) is 2.79. The van der Waals surface area contributed by atoms with Crippen molar-refractivity contribution >= 4 is 9.84 Å². The first-order chi connectivity index (χ1) is 9.40. The minimum Gasteiger partial charge on any atom is -0.384 e.